The number of benzene rings is 2. The molecule has 2 heterocycles. The summed E-state index contributed by atoms with van der Waals surface area (Å²) in [4.78, 5) is 8.48. The highest BCUT2D eigenvalue weighted by molar-refractivity contribution is 5.44. The van der Waals surface area contributed by atoms with Crippen molar-refractivity contribution in [3.05, 3.63) is 66.1 Å². The van der Waals surface area contributed by atoms with Crippen LogP contribution >= 0.6 is 0 Å². The Hall–Kier alpha value is -3.35. The third kappa shape index (κ3) is 3.83. The van der Waals surface area contributed by atoms with Crippen LogP contribution in [0.15, 0.2) is 54.7 Å². The molecule has 3 aromatic rings. The molecular formula is C19H16FN3O3. The van der Waals surface area contributed by atoms with Crippen LogP contribution in [0.3, 0.4) is 0 Å². The van der Waals surface area contributed by atoms with E-state index in [4.69, 9.17) is 14.2 Å². The SMILES string of the molecule is Fc1ccc(Oc2ccnc(NCc3ccc4c(c3)OCCO4)n2)cc1. The fourth-order valence-corrected chi connectivity index (χ4v) is 2.49. The first-order valence-electron chi connectivity index (χ1n) is 8.15. The van der Waals surface area contributed by atoms with Gasteiger partial charge in [0.2, 0.25) is 11.8 Å². The molecule has 0 amide bonds. The Morgan fingerprint density at radius 2 is 1.81 bits per heavy atom. The zero-order chi connectivity index (χ0) is 17.8. The van der Waals surface area contributed by atoms with Crippen molar-refractivity contribution in [1.29, 1.82) is 0 Å². The van der Waals surface area contributed by atoms with Crippen molar-refractivity contribution in [2.24, 2.45) is 0 Å². The third-order valence-corrected chi connectivity index (χ3v) is 3.72. The molecule has 0 spiro atoms. The molecule has 0 bridgehead atoms. The number of hydrogen-bond donors (Lipinski definition) is 1. The highest BCUT2D eigenvalue weighted by atomic mass is 19.1. The number of fused-ring (bicyclic) bond motifs is 1. The number of hydrogen-bond acceptors (Lipinski definition) is 6. The lowest BCUT2D eigenvalue weighted by atomic mass is 10.2. The molecule has 0 radical (unpaired) electrons. The van der Waals surface area contributed by atoms with E-state index in [0.717, 1.165) is 17.1 Å². The van der Waals surface area contributed by atoms with E-state index >= 15 is 0 Å². The van der Waals surface area contributed by atoms with Gasteiger partial charge in [0.15, 0.2) is 11.5 Å². The number of nitrogens with one attached hydrogen (secondary N) is 1. The number of halogens is 1. The molecule has 0 aliphatic carbocycles. The average Bonchev–Trinajstić information content (AvgIpc) is 2.68. The predicted octanol–water partition coefficient (Wildman–Crippen LogP) is 3.79. The van der Waals surface area contributed by atoms with Gasteiger partial charge in [-0.3, -0.25) is 0 Å². The van der Waals surface area contributed by atoms with E-state index < -0.39 is 0 Å². The highest BCUT2D eigenvalue weighted by Crippen LogP contribution is 2.31. The largest absolute Gasteiger partial charge is 0.486 e. The zero-order valence-corrected chi connectivity index (χ0v) is 13.8. The van der Waals surface area contributed by atoms with Crippen LogP contribution in [-0.2, 0) is 6.54 Å². The smallest absolute Gasteiger partial charge is 0.226 e. The first-order valence-corrected chi connectivity index (χ1v) is 8.15. The van der Waals surface area contributed by atoms with Crippen LogP contribution in [0.5, 0.6) is 23.1 Å². The summed E-state index contributed by atoms with van der Waals surface area (Å²) in [6, 6.07) is 13.2. The van der Waals surface area contributed by atoms with E-state index in [1.165, 1.54) is 12.1 Å². The Kier molecular flexibility index (Phi) is 4.51. The predicted molar refractivity (Wildman–Crippen MR) is 93.3 cm³/mol. The van der Waals surface area contributed by atoms with Gasteiger partial charge in [-0.15, -0.1) is 0 Å². The molecule has 1 aromatic heterocycles. The molecular weight excluding hydrogens is 337 g/mol. The lowest BCUT2D eigenvalue weighted by molar-refractivity contribution is 0.171. The zero-order valence-electron chi connectivity index (χ0n) is 13.8. The first-order chi connectivity index (χ1) is 12.8. The second kappa shape index (κ2) is 7.26. The topological polar surface area (TPSA) is 65.5 Å². The molecule has 0 saturated carbocycles. The summed E-state index contributed by atoms with van der Waals surface area (Å²) in [6.45, 7) is 1.64. The van der Waals surface area contributed by atoms with Gasteiger partial charge >= 0.3 is 0 Å². The highest BCUT2D eigenvalue weighted by Gasteiger charge is 2.11. The van der Waals surface area contributed by atoms with Crippen LogP contribution in [-0.4, -0.2) is 23.2 Å². The van der Waals surface area contributed by atoms with Crippen molar-refractivity contribution in [2.45, 2.75) is 6.54 Å². The molecule has 6 nitrogen and oxygen atoms in total. The fraction of sp³-hybridized carbons (Fsp3) is 0.158. The van der Waals surface area contributed by atoms with Crippen LogP contribution in [0.2, 0.25) is 0 Å². The summed E-state index contributed by atoms with van der Waals surface area (Å²) in [5.74, 6) is 2.48. The number of anilines is 1. The average molecular weight is 353 g/mol. The summed E-state index contributed by atoms with van der Waals surface area (Å²) in [7, 11) is 0. The molecule has 0 saturated heterocycles. The molecule has 1 aliphatic rings. The lowest BCUT2D eigenvalue weighted by Gasteiger charge is -2.19. The molecule has 26 heavy (non-hydrogen) atoms. The normalized spacial score (nSPS) is 12.5. The number of aromatic nitrogens is 2. The minimum Gasteiger partial charge on any atom is -0.486 e. The van der Waals surface area contributed by atoms with Crippen molar-refractivity contribution >= 4 is 5.95 Å². The second-order valence-corrected chi connectivity index (χ2v) is 5.61. The number of ether oxygens (including phenoxy) is 3. The molecule has 7 heteroatoms. The van der Waals surface area contributed by atoms with Gasteiger partial charge < -0.3 is 19.5 Å². The first kappa shape index (κ1) is 16.1. The maximum atomic E-state index is 12.9. The van der Waals surface area contributed by atoms with Gasteiger partial charge in [0, 0.05) is 18.8 Å². The Labute approximate surface area is 149 Å². The van der Waals surface area contributed by atoms with Gasteiger partial charge in [0.05, 0.1) is 0 Å². The van der Waals surface area contributed by atoms with Crippen molar-refractivity contribution in [1.82, 2.24) is 9.97 Å². The molecule has 0 fully saturated rings. The number of rotatable bonds is 5. The molecule has 0 atom stereocenters. The van der Waals surface area contributed by atoms with Gasteiger partial charge in [-0.25, -0.2) is 9.37 Å². The lowest BCUT2D eigenvalue weighted by Crippen LogP contribution is -2.15. The van der Waals surface area contributed by atoms with E-state index in [9.17, 15) is 4.39 Å². The maximum Gasteiger partial charge on any atom is 0.226 e. The standard InChI is InChI=1S/C19H16FN3O3/c20-14-2-4-15(5-3-14)26-18-7-8-21-19(23-18)22-12-13-1-6-16-17(11-13)25-10-9-24-16/h1-8,11H,9-10,12H2,(H,21,22,23). The molecule has 0 unspecified atom stereocenters. The van der Waals surface area contributed by atoms with E-state index in [1.807, 2.05) is 18.2 Å². The fourth-order valence-electron chi connectivity index (χ4n) is 2.49. The third-order valence-electron chi connectivity index (χ3n) is 3.72. The molecule has 2 aromatic carbocycles. The second-order valence-electron chi connectivity index (χ2n) is 5.61. The van der Waals surface area contributed by atoms with Crippen LogP contribution in [0, 0.1) is 5.82 Å². The van der Waals surface area contributed by atoms with Gasteiger partial charge in [-0.1, -0.05) is 6.07 Å². The Morgan fingerprint density at radius 3 is 2.65 bits per heavy atom. The van der Waals surface area contributed by atoms with Gasteiger partial charge in [-0.2, -0.15) is 4.98 Å². The summed E-state index contributed by atoms with van der Waals surface area (Å²) in [5.41, 5.74) is 1.02. The quantitative estimate of drug-likeness (QED) is 0.753. The van der Waals surface area contributed by atoms with Crippen LogP contribution in [0.4, 0.5) is 10.3 Å². The molecule has 4 rings (SSSR count). The minimum atomic E-state index is -0.318. The Morgan fingerprint density at radius 1 is 1.00 bits per heavy atom. The summed E-state index contributed by atoms with van der Waals surface area (Å²) in [6.07, 6.45) is 1.60. The van der Waals surface area contributed by atoms with E-state index in [-0.39, 0.29) is 5.82 Å². The van der Waals surface area contributed by atoms with Crippen LogP contribution in [0.1, 0.15) is 5.56 Å². The molecule has 1 N–H and O–H groups in total. The van der Waals surface area contributed by atoms with Crippen molar-refractivity contribution in [2.75, 3.05) is 18.5 Å². The van der Waals surface area contributed by atoms with Gasteiger partial charge in [0.25, 0.3) is 0 Å². The van der Waals surface area contributed by atoms with E-state index in [1.54, 1.807) is 24.4 Å². The summed E-state index contributed by atoms with van der Waals surface area (Å²) >= 11 is 0. The number of nitrogens with zero attached hydrogens (tertiary/aromatic N) is 2. The summed E-state index contributed by atoms with van der Waals surface area (Å²) in [5, 5.41) is 3.14. The monoisotopic (exact) mass is 353 g/mol. The Balaban J connectivity index is 1.41. The van der Waals surface area contributed by atoms with Crippen molar-refractivity contribution in [3.63, 3.8) is 0 Å². The van der Waals surface area contributed by atoms with Crippen LogP contribution < -0.4 is 19.5 Å². The van der Waals surface area contributed by atoms with E-state index in [2.05, 4.69) is 15.3 Å². The maximum absolute atomic E-state index is 12.9. The van der Waals surface area contributed by atoms with Crippen LogP contribution in [0.25, 0.3) is 0 Å². The molecule has 1 aliphatic heterocycles. The summed E-state index contributed by atoms with van der Waals surface area (Å²) < 4.78 is 29.6. The minimum absolute atomic E-state index is 0.318. The van der Waals surface area contributed by atoms with Crippen molar-refractivity contribution < 1.29 is 18.6 Å². The van der Waals surface area contributed by atoms with Gasteiger partial charge in [0.1, 0.15) is 24.8 Å². The Bertz CT molecular complexity index is 903. The van der Waals surface area contributed by atoms with Gasteiger partial charge in [-0.05, 0) is 42.0 Å². The molecule has 132 valence electrons. The van der Waals surface area contributed by atoms with E-state index in [0.29, 0.717) is 37.3 Å². The van der Waals surface area contributed by atoms with Crippen molar-refractivity contribution in [3.8, 4) is 23.1 Å².